The van der Waals surface area contributed by atoms with E-state index in [4.69, 9.17) is 4.98 Å². The lowest BCUT2D eigenvalue weighted by Gasteiger charge is -2.35. The van der Waals surface area contributed by atoms with Gasteiger partial charge in [-0.15, -0.1) is 0 Å². The predicted molar refractivity (Wildman–Crippen MR) is 102 cm³/mol. The van der Waals surface area contributed by atoms with Gasteiger partial charge in [0.25, 0.3) is 0 Å². The normalized spacial score (nSPS) is 18.8. The van der Waals surface area contributed by atoms with E-state index in [1.807, 2.05) is 6.20 Å². The Morgan fingerprint density at radius 2 is 1.72 bits per heavy atom. The second kappa shape index (κ2) is 7.40. The van der Waals surface area contributed by atoms with E-state index in [0.29, 0.717) is 0 Å². The zero-order chi connectivity index (χ0) is 17.1. The maximum Gasteiger partial charge on any atom is 0.227 e. The van der Waals surface area contributed by atoms with Gasteiger partial charge in [0, 0.05) is 52.0 Å². The summed E-state index contributed by atoms with van der Waals surface area (Å²) in [5.74, 6) is 1.98. The highest BCUT2D eigenvalue weighted by Crippen LogP contribution is 2.20. The highest BCUT2D eigenvalue weighted by Gasteiger charge is 2.20. The van der Waals surface area contributed by atoms with Crippen LogP contribution in [0.4, 0.5) is 11.8 Å². The van der Waals surface area contributed by atoms with Crippen molar-refractivity contribution in [3.8, 4) is 0 Å². The molecule has 0 aliphatic carbocycles. The molecule has 0 bridgehead atoms. The van der Waals surface area contributed by atoms with Crippen molar-refractivity contribution in [3.05, 3.63) is 47.7 Å². The first-order valence-electron chi connectivity index (χ1n) is 9.39. The topological polar surface area (TPSA) is 35.5 Å². The lowest BCUT2D eigenvalue weighted by molar-refractivity contribution is 0.249. The Labute approximate surface area is 150 Å². The van der Waals surface area contributed by atoms with Crippen molar-refractivity contribution in [2.75, 3.05) is 49.1 Å². The zero-order valence-electron chi connectivity index (χ0n) is 15.1. The molecular formula is C20H27N5. The van der Waals surface area contributed by atoms with Gasteiger partial charge in [-0.3, -0.25) is 4.90 Å². The zero-order valence-corrected chi connectivity index (χ0v) is 15.1. The van der Waals surface area contributed by atoms with Gasteiger partial charge in [-0.2, -0.15) is 4.98 Å². The summed E-state index contributed by atoms with van der Waals surface area (Å²) in [6.45, 7) is 9.60. The van der Waals surface area contributed by atoms with Crippen molar-refractivity contribution < 1.29 is 0 Å². The smallest absolute Gasteiger partial charge is 0.227 e. The van der Waals surface area contributed by atoms with Crippen molar-refractivity contribution in [2.24, 2.45) is 0 Å². The third-order valence-corrected chi connectivity index (χ3v) is 5.20. The lowest BCUT2D eigenvalue weighted by atomic mass is 10.1. The van der Waals surface area contributed by atoms with Crippen LogP contribution in [0.15, 0.2) is 36.5 Å². The van der Waals surface area contributed by atoms with Crippen molar-refractivity contribution in [2.45, 2.75) is 26.3 Å². The summed E-state index contributed by atoms with van der Waals surface area (Å²) < 4.78 is 0. The van der Waals surface area contributed by atoms with Gasteiger partial charge in [-0.05, 0) is 31.4 Å². The van der Waals surface area contributed by atoms with E-state index < -0.39 is 0 Å². The molecule has 0 atom stereocenters. The molecule has 0 saturated carbocycles. The Hall–Kier alpha value is -2.14. The van der Waals surface area contributed by atoms with E-state index in [-0.39, 0.29) is 0 Å². The maximum absolute atomic E-state index is 4.82. The molecule has 2 aliphatic rings. The molecule has 0 unspecified atom stereocenters. The van der Waals surface area contributed by atoms with E-state index >= 15 is 0 Å². The molecule has 2 fully saturated rings. The van der Waals surface area contributed by atoms with E-state index in [2.05, 4.69) is 56.9 Å². The Kier molecular flexibility index (Phi) is 4.83. The van der Waals surface area contributed by atoms with Crippen LogP contribution in [0.25, 0.3) is 0 Å². The molecule has 25 heavy (non-hydrogen) atoms. The fourth-order valence-corrected chi connectivity index (χ4v) is 3.79. The molecule has 0 amide bonds. The minimum atomic E-state index is 0.900. The Balaban J connectivity index is 1.36. The van der Waals surface area contributed by atoms with Crippen molar-refractivity contribution in [1.82, 2.24) is 14.9 Å². The lowest BCUT2D eigenvalue weighted by Crippen LogP contribution is -2.46. The molecule has 3 heterocycles. The summed E-state index contributed by atoms with van der Waals surface area (Å²) in [7, 11) is 0. The molecule has 1 aromatic heterocycles. The molecule has 132 valence electrons. The van der Waals surface area contributed by atoms with E-state index in [1.165, 1.54) is 24.0 Å². The summed E-state index contributed by atoms with van der Waals surface area (Å²) >= 11 is 0. The van der Waals surface area contributed by atoms with Crippen molar-refractivity contribution in [1.29, 1.82) is 0 Å². The molecule has 4 rings (SSSR count). The molecule has 5 nitrogen and oxygen atoms in total. The molecule has 1 aromatic carbocycles. The summed E-state index contributed by atoms with van der Waals surface area (Å²) in [6.07, 6.45) is 4.42. The summed E-state index contributed by atoms with van der Waals surface area (Å²) in [4.78, 5) is 16.5. The van der Waals surface area contributed by atoms with Crippen LogP contribution in [-0.4, -0.2) is 54.1 Å². The molecule has 2 aliphatic heterocycles. The number of nitrogens with zero attached hydrogens (tertiary/aromatic N) is 5. The molecular weight excluding hydrogens is 310 g/mol. The van der Waals surface area contributed by atoms with Crippen LogP contribution in [-0.2, 0) is 6.54 Å². The van der Waals surface area contributed by atoms with Crippen molar-refractivity contribution >= 4 is 11.8 Å². The van der Waals surface area contributed by atoms with Gasteiger partial charge in [0.05, 0.1) is 0 Å². The monoisotopic (exact) mass is 337 g/mol. The van der Waals surface area contributed by atoms with Gasteiger partial charge >= 0.3 is 0 Å². The van der Waals surface area contributed by atoms with Crippen LogP contribution in [0.2, 0.25) is 0 Å². The fraction of sp³-hybridized carbons (Fsp3) is 0.500. The summed E-state index contributed by atoms with van der Waals surface area (Å²) in [5, 5.41) is 0. The first-order valence-corrected chi connectivity index (χ1v) is 9.39. The number of benzene rings is 1. The number of aryl methyl sites for hydroxylation is 1. The molecule has 0 radical (unpaired) electrons. The standard InChI is InChI=1S/C20H27N5/c1-17-5-4-6-18(15-17)16-23-11-13-24(14-12-23)19-7-8-21-20(22-19)25-9-2-3-10-25/h4-8,15H,2-3,9-14,16H2,1H3. The molecule has 0 N–H and O–H groups in total. The summed E-state index contributed by atoms with van der Waals surface area (Å²) in [5.41, 5.74) is 2.75. The fourth-order valence-electron chi connectivity index (χ4n) is 3.79. The number of hydrogen-bond donors (Lipinski definition) is 0. The highest BCUT2D eigenvalue weighted by atomic mass is 15.3. The van der Waals surface area contributed by atoms with Crippen molar-refractivity contribution in [3.63, 3.8) is 0 Å². The van der Waals surface area contributed by atoms with Gasteiger partial charge in [-0.25, -0.2) is 4.98 Å². The van der Waals surface area contributed by atoms with E-state index in [9.17, 15) is 0 Å². The molecule has 5 heteroatoms. The van der Waals surface area contributed by atoms with Crippen LogP contribution < -0.4 is 9.80 Å². The Morgan fingerprint density at radius 1 is 0.920 bits per heavy atom. The van der Waals surface area contributed by atoms with Gasteiger partial charge in [0.2, 0.25) is 5.95 Å². The first-order chi connectivity index (χ1) is 12.3. The van der Waals surface area contributed by atoms with Crippen LogP contribution in [0.3, 0.4) is 0 Å². The van der Waals surface area contributed by atoms with Crippen LogP contribution in [0.1, 0.15) is 24.0 Å². The average molecular weight is 337 g/mol. The van der Waals surface area contributed by atoms with E-state index in [0.717, 1.165) is 57.6 Å². The number of rotatable bonds is 4. The average Bonchev–Trinajstić information content (AvgIpc) is 3.17. The highest BCUT2D eigenvalue weighted by molar-refractivity contribution is 5.44. The minimum Gasteiger partial charge on any atom is -0.354 e. The molecule has 2 saturated heterocycles. The van der Waals surface area contributed by atoms with E-state index in [1.54, 1.807) is 0 Å². The number of piperazine rings is 1. The second-order valence-corrected chi connectivity index (χ2v) is 7.16. The quantitative estimate of drug-likeness (QED) is 0.857. The number of aromatic nitrogens is 2. The minimum absolute atomic E-state index is 0.900. The Bertz CT molecular complexity index is 703. The third-order valence-electron chi connectivity index (χ3n) is 5.20. The molecule has 2 aromatic rings. The third kappa shape index (κ3) is 3.93. The van der Waals surface area contributed by atoms with Gasteiger partial charge in [0.1, 0.15) is 5.82 Å². The Morgan fingerprint density at radius 3 is 2.48 bits per heavy atom. The van der Waals surface area contributed by atoms with Gasteiger partial charge in [0.15, 0.2) is 0 Å². The van der Waals surface area contributed by atoms with Gasteiger partial charge < -0.3 is 9.80 Å². The first kappa shape index (κ1) is 16.3. The molecule has 0 spiro atoms. The largest absolute Gasteiger partial charge is 0.354 e. The van der Waals surface area contributed by atoms with Crippen LogP contribution in [0, 0.1) is 6.92 Å². The van der Waals surface area contributed by atoms with Crippen LogP contribution in [0.5, 0.6) is 0 Å². The number of anilines is 2. The van der Waals surface area contributed by atoms with Crippen LogP contribution >= 0.6 is 0 Å². The number of hydrogen-bond acceptors (Lipinski definition) is 5. The second-order valence-electron chi connectivity index (χ2n) is 7.16. The predicted octanol–water partition coefficient (Wildman–Crippen LogP) is 2.71. The SMILES string of the molecule is Cc1cccc(CN2CCN(c3ccnc(N4CCCC4)n3)CC2)c1. The summed E-state index contributed by atoms with van der Waals surface area (Å²) in [6, 6.07) is 10.9. The van der Waals surface area contributed by atoms with Gasteiger partial charge in [-0.1, -0.05) is 29.8 Å². The maximum atomic E-state index is 4.82.